The van der Waals surface area contributed by atoms with E-state index < -0.39 is 29.3 Å². The quantitative estimate of drug-likeness (QED) is 0.140. The van der Waals surface area contributed by atoms with Gasteiger partial charge in [0.1, 0.15) is 0 Å². The van der Waals surface area contributed by atoms with Gasteiger partial charge < -0.3 is 0 Å². The highest BCUT2D eigenvalue weighted by Crippen LogP contribution is 2.36. The highest BCUT2D eigenvalue weighted by molar-refractivity contribution is 6.46. The second kappa shape index (κ2) is 10.9. The van der Waals surface area contributed by atoms with Crippen molar-refractivity contribution in [3.63, 3.8) is 0 Å². The van der Waals surface area contributed by atoms with Crippen LogP contribution in [-0.2, 0) is 17.1 Å². The summed E-state index contributed by atoms with van der Waals surface area (Å²) in [5.41, 5.74) is -1.04. The van der Waals surface area contributed by atoms with Crippen LogP contribution in [0.15, 0.2) is 109 Å². The van der Waals surface area contributed by atoms with Crippen molar-refractivity contribution in [3.05, 3.63) is 143 Å². The Labute approximate surface area is 215 Å². The average molecular weight is 522 g/mol. The van der Waals surface area contributed by atoms with Crippen LogP contribution in [0.3, 0.4) is 0 Å². The number of carbonyl (C=O) groups is 1. The van der Waals surface area contributed by atoms with E-state index in [9.17, 15) is 31.1 Å². The molecule has 0 radical (unpaired) electrons. The molecule has 0 heterocycles. The minimum atomic E-state index is -4.65. The number of benzene rings is 4. The first-order valence-electron chi connectivity index (χ1n) is 11.5. The van der Waals surface area contributed by atoms with Crippen molar-refractivity contribution in [1.82, 2.24) is 0 Å². The van der Waals surface area contributed by atoms with E-state index in [1.165, 1.54) is 36.4 Å². The molecule has 0 aromatic heterocycles. The van der Waals surface area contributed by atoms with Crippen molar-refractivity contribution in [2.24, 2.45) is 0 Å². The number of Topliss-reactive ketones (excluding diaryl/α,β-unsaturated/α-hetero) is 1. The summed E-state index contributed by atoms with van der Waals surface area (Å²) in [6, 6.07) is 25.6. The van der Waals surface area contributed by atoms with Gasteiger partial charge in [-0.2, -0.15) is 26.3 Å². The van der Waals surface area contributed by atoms with Crippen LogP contribution in [0.5, 0.6) is 0 Å². The standard InChI is InChI=1S/C31H20F6O/c32-30(33,34)25-15-7-13-23(19-25)27(17-21-9-3-1-4-10-21)29(38)28(18-22-11-5-2-6-12-22)24-14-8-16-26(20-24)31(35,36)37/h1-20H. The molecular weight excluding hydrogens is 502 g/mol. The maximum absolute atomic E-state index is 14.1. The van der Waals surface area contributed by atoms with E-state index in [4.69, 9.17) is 0 Å². The lowest BCUT2D eigenvalue weighted by Gasteiger charge is -2.15. The Morgan fingerprint density at radius 2 is 0.868 bits per heavy atom. The maximum Gasteiger partial charge on any atom is 0.416 e. The van der Waals surface area contributed by atoms with Crippen molar-refractivity contribution >= 4 is 29.1 Å². The Balaban J connectivity index is 1.94. The summed E-state index contributed by atoms with van der Waals surface area (Å²) in [6.07, 6.45) is -6.43. The number of ketones is 1. The molecule has 0 atom stereocenters. The number of alkyl halides is 6. The molecule has 0 fully saturated rings. The van der Waals surface area contributed by atoms with E-state index in [1.807, 2.05) is 0 Å². The molecule has 4 aromatic carbocycles. The van der Waals surface area contributed by atoms with Crippen LogP contribution in [0.1, 0.15) is 33.4 Å². The topological polar surface area (TPSA) is 17.1 Å². The Kier molecular flexibility index (Phi) is 7.67. The molecule has 4 rings (SSSR count). The molecule has 0 spiro atoms. The van der Waals surface area contributed by atoms with Crippen molar-refractivity contribution in [2.45, 2.75) is 12.4 Å². The summed E-state index contributed by atoms with van der Waals surface area (Å²) >= 11 is 0. The predicted octanol–water partition coefficient (Wildman–Crippen LogP) is 9.07. The van der Waals surface area contributed by atoms with Crippen LogP contribution >= 0.6 is 0 Å². The second-order valence-corrected chi connectivity index (χ2v) is 8.42. The molecule has 1 nitrogen and oxygen atoms in total. The lowest BCUT2D eigenvalue weighted by molar-refractivity contribution is -0.138. The molecule has 0 amide bonds. The van der Waals surface area contributed by atoms with Crippen LogP contribution in [0.4, 0.5) is 26.3 Å². The largest absolute Gasteiger partial charge is 0.416 e. The number of halogens is 6. The molecular formula is C31H20F6O. The van der Waals surface area contributed by atoms with E-state index in [-0.39, 0.29) is 22.3 Å². The van der Waals surface area contributed by atoms with Gasteiger partial charge in [0.15, 0.2) is 5.78 Å². The second-order valence-electron chi connectivity index (χ2n) is 8.42. The number of hydrogen-bond donors (Lipinski definition) is 0. The first-order valence-corrected chi connectivity index (χ1v) is 11.5. The summed E-state index contributed by atoms with van der Waals surface area (Å²) in [5.74, 6) is -0.726. The highest BCUT2D eigenvalue weighted by atomic mass is 19.4. The van der Waals surface area contributed by atoms with Crippen molar-refractivity contribution < 1.29 is 31.1 Å². The van der Waals surface area contributed by atoms with Gasteiger partial charge in [-0.25, -0.2) is 0 Å². The monoisotopic (exact) mass is 522 g/mol. The Bertz CT molecular complexity index is 1370. The van der Waals surface area contributed by atoms with E-state index >= 15 is 0 Å². The fraction of sp³-hybridized carbons (Fsp3) is 0.0645. The van der Waals surface area contributed by atoms with E-state index in [1.54, 1.807) is 60.7 Å². The van der Waals surface area contributed by atoms with Crippen LogP contribution < -0.4 is 0 Å². The third-order valence-electron chi connectivity index (χ3n) is 5.71. The molecule has 0 saturated carbocycles. The van der Waals surface area contributed by atoms with Gasteiger partial charge in [0.25, 0.3) is 0 Å². The van der Waals surface area contributed by atoms with Gasteiger partial charge in [-0.3, -0.25) is 4.79 Å². The zero-order chi connectivity index (χ0) is 27.3. The van der Waals surface area contributed by atoms with Gasteiger partial charge in [-0.05, 0) is 58.7 Å². The lowest BCUT2D eigenvalue weighted by atomic mass is 9.89. The molecule has 38 heavy (non-hydrogen) atoms. The summed E-state index contributed by atoms with van der Waals surface area (Å²) in [5, 5.41) is 0. The smallest absolute Gasteiger partial charge is 0.289 e. The first-order chi connectivity index (χ1) is 18.0. The Morgan fingerprint density at radius 3 is 1.21 bits per heavy atom. The lowest BCUT2D eigenvalue weighted by Crippen LogP contribution is -2.10. The summed E-state index contributed by atoms with van der Waals surface area (Å²) in [4.78, 5) is 14.1. The van der Waals surface area contributed by atoms with Crippen LogP contribution in [0.25, 0.3) is 23.3 Å². The number of rotatable bonds is 6. The van der Waals surface area contributed by atoms with Crippen molar-refractivity contribution in [3.8, 4) is 0 Å². The minimum Gasteiger partial charge on any atom is -0.289 e. The van der Waals surface area contributed by atoms with Crippen molar-refractivity contribution in [2.75, 3.05) is 0 Å². The molecule has 0 N–H and O–H groups in total. The first kappa shape index (κ1) is 26.7. The zero-order valence-electron chi connectivity index (χ0n) is 19.7. The number of hydrogen-bond acceptors (Lipinski definition) is 1. The summed E-state index contributed by atoms with van der Waals surface area (Å²) in [7, 11) is 0. The minimum absolute atomic E-state index is 0.0142. The van der Waals surface area contributed by atoms with Crippen molar-refractivity contribution in [1.29, 1.82) is 0 Å². The Hall–Kier alpha value is -4.39. The molecule has 4 aromatic rings. The number of allylic oxidation sites excluding steroid dienone is 2. The van der Waals surface area contributed by atoms with Gasteiger partial charge in [0.2, 0.25) is 0 Å². The predicted molar refractivity (Wildman–Crippen MR) is 137 cm³/mol. The number of carbonyl (C=O) groups excluding carboxylic acids is 1. The molecule has 0 aliphatic rings. The highest BCUT2D eigenvalue weighted by Gasteiger charge is 2.32. The van der Waals surface area contributed by atoms with E-state index in [2.05, 4.69) is 0 Å². The third kappa shape index (κ3) is 6.48. The molecule has 0 aliphatic carbocycles. The zero-order valence-corrected chi connectivity index (χ0v) is 19.7. The third-order valence-corrected chi connectivity index (χ3v) is 5.71. The maximum atomic E-state index is 14.1. The average Bonchev–Trinajstić information content (AvgIpc) is 2.90. The molecule has 0 saturated heterocycles. The van der Waals surface area contributed by atoms with Gasteiger partial charge in [0.05, 0.1) is 11.1 Å². The summed E-state index contributed by atoms with van der Waals surface area (Å²) in [6.45, 7) is 0. The molecule has 0 aliphatic heterocycles. The molecule has 0 unspecified atom stereocenters. The molecule has 0 bridgehead atoms. The molecule has 7 heteroatoms. The Morgan fingerprint density at radius 1 is 0.500 bits per heavy atom. The fourth-order valence-electron chi connectivity index (χ4n) is 3.86. The van der Waals surface area contributed by atoms with Gasteiger partial charge >= 0.3 is 12.4 Å². The summed E-state index contributed by atoms with van der Waals surface area (Å²) < 4.78 is 81.0. The van der Waals surface area contributed by atoms with Crippen LogP contribution in [0, 0.1) is 0 Å². The van der Waals surface area contributed by atoms with E-state index in [0.29, 0.717) is 11.1 Å². The van der Waals surface area contributed by atoms with Gasteiger partial charge in [0, 0.05) is 11.1 Å². The van der Waals surface area contributed by atoms with Crippen LogP contribution in [-0.4, -0.2) is 5.78 Å². The molecule has 192 valence electrons. The normalized spacial score (nSPS) is 12.9. The van der Waals surface area contributed by atoms with Gasteiger partial charge in [-0.1, -0.05) is 84.9 Å². The van der Waals surface area contributed by atoms with Gasteiger partial charge in [-0.15, -0.1) is 0 Å². The fourth-order valence-corrected chi connectivity index (χ4v) is 3.86. The van der Waals surface area contributed by atoms with Crippen LogP contribution in [0.2, 0.25) is 0 Å². The SMILES string of the molecule is O=C(C(=Cc1ccccc1)c1cccc(C(F)(F)F)c1)C(=Cc1ccccc1)c1cccc(C(F)(F)F)c1. The van der Waals surface area contributed by atoms with E-state index in [0.717, 1.165) is 24.3 Å².